The van der Waals surface area contributed by atoms with Crippen LogP contribution in [-0.2, 0) is 12.8 Å². The number of hydrogen-bond acceptors (Lipinski definition) is 1. The van der Waals surface area contributed by atoms with E-state index in [0.717, 1.165) is 55.5 Å². The van der Waals surface area contributed by atoms with Crippen molar-refractivity contribution in [3.05, 3.63) is 45.2 Å². The molecule has 1 aliphatic carbocycles. The van der Waals surface area contributed by atoms with E-state index < -0.39 is 11.6 Å². The molecule has 1 aromatic carbocycles. The normalized spacial score (nSPS) is 15.4. The van der Waals surface area contributed by atoms with Crippen LogP contribution in [0.4, 0.5) is 8.78 Å². The lowest BCUT2D eigenvalue weighted by Crippen LogP contribution is -2.14. The van der Waals surface area contributed by atoms with Gasteiger partial charge in [-0.05, 0) is 31.7 Å². The predicted molar refractivity (Wildman–Crippen MR) is 65.7 cm³/mol. The third kappa shape index (κ3) is 1.72. The van der Waals surface area contributed by atoms with Crippen molar-refractivity contribution in [1.82, 2.24) is 4.98 Å². The van der Waals surface area contributed by atoms with Gasteiger partial charge in [0.05, 0.1) is 5.52 Å². The summed E-state index contributed by atoms with van der Waals surface area (Å²) in [6, 6.07) is 2.06. The molecule has 2 aromatic rings. The average molecular weight is 249 g/mol. The van der Waals surface area contributed by atoms with Crippen molar-refractivity contribution in [2.75, 3.05) is 0 Å². The zero-order chi connectivity index (χ0) is 12.7. The Morgan fingerprint density at radius 1 is 1.00 bits per heavy atom. The van der Waals surface area contributed by atoms with Crippen LogP contribution in [0.2, 0.25) is 0 Å². The zero-order valence-corrected chi connectivity index (χ0v) is 9.85. The second kappa shape index (κ2) is 4.19. The number of fused-ring (bicyclic) bond motifs is 2. The lowest BCUT2D eigenvalue weighted by atomic mass is 10.0. The standard InChI is InChI=1S/C14H13F2NO/c15-10-6-9-13(7-11(10)16)17-12-5-3-1-2-4-8(12)14(9)18/h6-7H,1-5H2,(H,17,18). The molecule has 4 heteroatoms. The van der Waals surface area contributed by atoms with E-state index in [2.05, 4.69) is 4.98 Å². The van der Waals surface area contributed by atoms with Gasteiger partial charge in [0.15, 0.2) is 17.1 Å². The average Bonchev–Trinajstić information content (AvgIpc) is 2.58. The number of rotatable bonds is 0. The molecule has 0 atom stereocenters. The number of hydrogen-bond donors (Lipinski definition) is 1. The van der Waals surface area contributed by atoms with Gasteiger partial charge in [0.25, 0.3) is 0 Å². The molecule has 0 saturated heterocycles. The number of halogens is 2. The second-order valence-corrected chi connectivity index (χ2v) is 4.78. The van der Waals surface area contributed by atoms with Gasteiger partial charge in [-0.25, -0.2) is 8.78 Å². The molecule has 0 amide bonds. The Bertz CT molecular complexity index is 676. The van der Waals surface area contributed by atoms with Crippen molar-refractivity contribution in [3.63, 3.8) is 0 Å². The number of benzene rings is 1. The van der Waals surface area contributed by atoms with Crippen molar-refractivity contribution < 1.29 is 8.78 Å². The van der Waals surface area contributed by atoms with Gasteiger partial charge in [-0.15, -0.1) is 0 Å². The van der Waals surface area contributed by atoms with Crippen LogP contribution in [0.25, 0.3) is 10.9 Å². The Morgan fingerprint density at radius 3 is 2.56 bits per heavy atom. The van der Waals surface area contributed by atoms with E-state index in [1.54, 1.807) is 0 Å². The van der Waals surface area contributed by atoms with Gasteiger partial charge in [0, 0.05) is 22.7 Å². The molecule has 0 aliphatic heterocycles. The number of pyridine rings is 1. The summed E-state index contributed by atoms with van der Waals surface area (Å²) in [5.41, 5.74) is 1.86. The summed E-state index contributed by atoms with van der Waals surface area (Å²) in [5.74, 6) is -1.90. The lowest BCUT2D eigenvalue weighted by molar-refractivity contribution is 0.510. The van der Waals surface area contributed by atoms with Crippen LogP contribution < -0.4 is 5.43 Å². The molecule has 1 heterocycles. The highest BCUT2D eigenvalue weighted by Crippen LogP contribution is 2.21. The summed E-state index contributed by atoms with van der Waals surface area (Å²) in [4.78, 5) is 15.4. The van der Waals surface area contributed by atoms with E-state index in [1.165, 1.54) is 0 Å². The summed E-state index contributed by atoms with van der Waals surface area (Å²) >= 11 is 0. The van der Waals surface area contributed by atoms with Crippen LogP contribution in [0, 0.1) is 11.6 Å². The second-order valence-electron chi connectivity index (χ2n) is 4.78. The van der Waals surface area contributed by atoms with E-state index in [-0.39, 0.29) is 10.8 Å². The van der Waals surface area contributed by atoms with Crippen molar-refractivity contribution in [2.24, 2.45) is 0 Å². The first kappa shape index (κ1) is 11.4. The molecule has 0 saturated carbocycles. The van der Waals surface area contributed by atoms with Gasteiger partial charge in [0.1, 0.15) is 0 Å². The Hall–Kier alpha value is -1.71. The van der Waals surface area contributed by atoms with Crippen molar-refractivity contribution in [1.29, 1.82) is 0 Å². The molecule has 2 nitrogen and oxygen atoms in total. The minimum absolute atomic E-state index is 0.153. The van der Waals surface area contributed by atoms with Gasteiger partial charge in [-0.3, -0.25) is 4.79 Å². The van der Waals surface area contributed by atoms with Gasteiger partial charge in [-0.2, -0.15) is 0 Å². The summed E-state index contributed by atoms with van der Waals surface area (Å²) in [7, 11) is 0. The molecule has 0 unspecified atom stereocenters. The molecule has 94 valence electrons. The van der Waals surface area contributed by atoms with Gasteiger partial charge < -0.3 is 4.98 Å². The summed E-state index contributed by atoms with van der Waals surface area (Å²) in [6.07, 6.45) is 4.61. The fourth-order valence-electron chi connectivity index (χ4n) is 2.63. The third-order valence-corrected chi connectivity index (χ3v) is 3.58. The topological polar surface area (TPSA) is 32.9 Å². The van der Waals surface area contributed by atoms with Gasteiger partial charge in [0.2, 0.25) is 0 Å². The SMILES string of the molecule is O=c1c2c([nH]c3cc(F)c(F)cc13)CCCCC2. The van der Waals surface area contributed by atoms with Crippen LogP contribution in [0.5, 0.6) is 0 Å². The van der Waals surface area contributed by atoms with Crippen molar-refractivity contribution in [3.8, 4) is 0 Å². The molecule has 0 fully saturated rings. The Labute approximate surface area is 103 Å². The molecule has 18 heavy (non-hydrogen) atoms. The molecule has 3 rings (SSSR count). The maximum atomic E-state index is 13.2. The maximum absolute atomic E-state index is 13.2. The zero-order valence-electron chi connectivity index (χ0n) is 9.85. The summed E-state index contributed by atoms with van der Waals surface area (Å²) < 4.78 is 26.4. The number of nitrogens with one attached hydrogen (secondary N) is 1. The van der Waals surface area contributed by atoms with Crippen LogP contribution in [0.1, 0.15) is 30.5 Å². The Morgan fingerprint density at radius 2 is 1.72 bits per heavy atom. The summed E-state index contributed by atoms with van der Waals surface area (Å²) in [5, 5.41) is 0.245. The molecular formula is C14H13F2NO. The number of aromatic amines is 1. The lowest BCUT2D eigenvalue weighted by Gasteiger charge is -2.08. The summed E-state index contributed by atoms with van der Waals surface area (Å²) in [6.45, 7) is 0. The first-order chi connectivity index (χ1) is 8.66. The van der Waals surface area contributed by atoms with Crippen LogP contribution in [-0.4, -0.2) is 4.98 Å². The van der Waals surface area contributed by atoms with E-state index in [4.69, 9.17) is 0 Å². The van der Waals surface area contributed by atoms with Crippen LogP contribution in [0.3, 0.4) is 0 Å². The molecule has 0 radical (unpaired) electrons. The van der Waals surface area contributed by atoms with Gasteiger partial charge in [-0.1, -0.05) is 6.42 Å². The van der Waals surface area contributed by atoms with Gasteiger partial charge >= 0.3 is 0 Å². The highest BCUT2D eigenvalue weighted by Gasteiger charge is 2.16. The first-order valence-corrected chi connectivity index (χ1v) is 6.19. The predicted octanol–water partition coefficient (Wildman–Crippen LogP) is 3.08. The number of aromatic nitrogens is 1. The van der Waals surface area contributed by atoms with Crippen LogP contribution in [0.15, 0.2) is 16.9 Å². The molecule has 1 aromatic heterocycles. The third-order valence-electron chi connectivity index (χ3n) is 3.58. The smallest absolute Gasteiger partial charge is 0.192 e. The molecule has 0 spiro atoms. The van der Waals surface area contributed by atoms with Crippen molar-refractivity contribution >= 4 is 10.9 Å². The number of aryl methyl sites for hydroxylation is 1. The highest BCUT2D eigenvalue weighted by atomic mass is 19.2. The quantitative estimate of drug-likeness (QED) is 0.715. The molecule has 0 bridgehead atoms. The molecule has 1 aliphatic rings. The van der Waals surface area contributed by atoms with E-state index >= 15 is 0 Å². The molecule has 1 N–H and O–H groups in total. The molecular weight excluding hydrogens is 236 g/mol. The fourth-order valence-corrected chi connectivity index (χ4v) is 2.63. The van der Waals surface area contributed by atoms with E-state index in [1.807, 2.05) is 0 Å². The van der Waals surface area contributed by atoms with E-state index in [0.29, 0.717) is 5.52 Å². The van der Waals surface area contributed by atoms with Crippen molar-refractivity contribution in [2.45, 2.75) is 32.1 Å². The number of H-pyrrole nitrogens is 1. The Balaban J connectivity index is 2.35. The minimum atomic E-state index is -0.971. The van der Waals surface area contributed by atoms with Crippen LogP contribution >= 0.6 is 0 Å². The van der Waals surface area contributed by atoms with E-state index in [9.17, 15) is 13.6 Å². The first-order valence-electron chi connectivity index (χ1n) is 6.19. The highest BCUT2D eigenvalue weighted by molar-refractivity contribution is 5.79. The fraction of sp³-hybridized carbons (Fsp3) is 0.357. The maximum Gasteiger partial charge on any atom is 0.192 e. The largest absolute Gasteiger partial charge is 0.358 e. The monoisotopic (exact) mass is 249 g/mol. The Kier molecular flexibility index (Phi) is 2.65. The minimum Gasteiger partial charge on any atom is -0.358 e.